The Labute approximate surface area is 121 Å². The van der Waals surface area contributed by atoms with Crippen molar-refractivity contribution in [2.24, 2.45) is 0 Å². The summed E-state index contributed by atoms with van der Waals surface area (Å²) in [5.41, 5.74) is 6.98. The van der Waals surface area contributed by atoms with E-state index in [1.165, 1.54) is 22.3 Å². The SMILES string of the molecule is CCC(C)c1cc(C)c(-c2ccc(F)c(C)c2)c(C)c1. The molecule has 2 aromatic rings. The third kappa shape index (κ3) is 2.77. The normalized spacial score (nSPS) is 12.5. The van der Waals surface area contributed by atoms with Crippen LogP contribution in [-0.4, -0.2) is 0 Å². The minimum Gasteiger partial charge on any atom is -0.207 e. The predicted octanol–water partition coefficient (Wildman–Crippen LogP) is 5.93. The minimum atomic E-state index is -0.139. The Morgan fingerprint density at radius 2 is 1.55 bits per heavy atom. The highest BCUT2D eigenvalue weighted by Crippen LogP contribution is 2.32. The number of rotatable bonds is 3. The number of halogens is 1. The highest BCUT2D eigenvalue weighted by Gasteiger charge is 2.11. The van der Waals surface area contributed by atoms with E-state index >= 15 is 0 Å². The van der Waals surface area contributed by atoms with Gasteiger partial charge in [0.15, 0.2) is 0 Å². The summed E-state index contributed by atoms with van der Waals surface area (Å²) < 4.78 is 13.4. The standard InChI is InChI=1S/C19H23F/c1-6-12(2)17-10-14(4)19(15(5)11-17)16-7-8-18(20)13(3)9-16/h7-12H,6H2,1-5H3. The Hall–Kier alpha value is -1.63. The van der Waals surface area contributed by atoms with E-state index in [9.17, 15) is 4.39 Å². The van der Waals surface area contributed by atoms with Gasteiger partial charge in [0.05, 0.1) is 0 Å². The Morgan fingerprint density at radius 1 is 0.950 bits per heavy atom. The van der Waals surface area contributed by atoms with E-state index in [1.54, 1.807) is 6.07 Å². The van der Waals surface area contributed by atoms with Crippen LogP contribution in [0.3, 0.4) is 0 Å². The first-order valence-electron chi connectivity index (χ1n) is 7.31. The number of hydrogen-bond acceptors (Lipinski definition) is 0. The molecule has 1 unspecified atom stereocenters. The van der Waals surface area contributed by atoms with Gasteiger partial charge in [0, 0.05) is 0 Å². The van der Waals surface area contributed by atoms with Crippen LogP contribution in [0.15, 0.2) is 30.3 Å². The fourth-order valence-corrected chi connectivity index (χ4v) is 2.77. The van der Waals surface area contributed by atoms with Crippen molar-refractivity contribution in [3.63, 3.8) is 0 Å². The second kappa shape index (κ2) is 5.78. The van der Waals surface area contributed by atoms with Crippen LogP contribution in [0.4, 0.5) is 4.39 Å². The summed E-state index contributed by atoms with van der Waals surface area (Å²) in [6.45, 7) is 10.6. The lowest BCUT2D eigenvalue weighted by Crippen LogP contribution is -1.97. The summed E-state index contributed by atoms with van der Waals surface area (Å²) in [5.74, 6) is 0.441. The van der Waals surface area contributed by atoms with Gasteiger partial charge in [0.1, 0.15) is 5.82 Å². The molecule has 2 rings (SSSR count). The van der Waals surface area contributed by atoms with Crippen LogP contribution in [0.25, 0.3) is 11.1 Å². The average molecular weight is 270 g/mol. The van der Waals surface area contributed by atoms with Crippen molar-refractivity contribution in [1.82, 2.24) is 0 Å². The van der Waals surface area contributed by atoms with Crippen LogP contribution in [0.2, 0.25) is 0 Å². The molecule has 0 radical (unpaired) electrons. The molecule has 0 amide bonds. The Kier molecular flexibility index (Phi) is 4.27. The molecule has 0 nitrogen and oxygen atoms in total. The molecule has 0 heterocycles. The maximum Gasteiger partial charge on any atom is 0.126 e. The van der Waals surface area contributed by atoms with Crippen molar-refractivity contribution < 1.29 is 4.39 Å². The van der Waals surface area contributed by atoms with Crippen LogP contribution in [0, 0.1) is 26.6 Å². The van der Waals surface area contributed by atoms with Gasteiger partial charge >= 0.3 is 0 Å². The van der Waals surface area contributed by atoms with Crippen LogP contribution in [-0.2, 0) is 0 Å². The van der Waals surface area contributed by atoms with Gasteiger partial charge in [-0.3, -0.25) is 0 Å². The van der Waals surface area contributed by atoms with Crippen LogP contribution < -0.4 is 0 Å². The molecule has 0 spiro atoms. The van der Waals surface area contributed by atoms with E-state index in [-0.39, 0.29) is 5.82 Å². The quantitative estimate of drug-likeness (QED) is 0.648. The van der Waals surface area contributed by atoms with E-state index in [0.29, 0.717) is 11.5 Å². The molecule has 0 aliphatic heterocycles. The molecule has 106 valence electrons. The van der Waals surface area contributed by atoms with Crippen LogP contribution in [0.5, 0.6) is 0 Å². The van der Waals surface area contributed by atoms with E-state index in [0.717, 1.165) is 12.0 Å². The molecule has 0 saturated heterocycles. The van der Waals surface area contributed by atoms with Gasteiger partial charge in [-0.1, -0.05) is 32.0 Å². The fraction of sp³-hybridized carbons (Fsp3) is 0.368. The van der Waals surface area contributed by atoms with Gasteiger partial charge in [-0.05, 0) is 78.6 Å². The molecule has 1 atom stereocenters. The zero-order chi connectivity index (χ0) is 14.9. The molecule has 0 aliphatic rings. The predicted molar refractivity (Wildman–Crippen MR) is 84.8 cm³/mol. The molecule has 2 aromatic carbocycles. The van der Waals surface area contributed by atoms with Crippen molar-refractivity contribution in [1.29, 1.82) is 0 Å². The molecule has 20 heavy (non-hydrogen) atoms. The third-order valence-corrected chi connectivity index (χ3v) is 4.18. The van der Waals surface area contributed by atoms with E-state index in [1.807, 2.05) is 19.1 Å². The van der Waals surface area contributed by atoms with Gasteiger partial charge in [-0.25, -0.2) is 4.39 Å². The summed E-state index contributed by atoms with van der Waals surface area (Å²) in [6.07, 6.45) is 1.15. The molecular formula is C19H23F. The molecule has 0 aromatic heterocycles. The van der Waals surface area contributed by atoms with Crippen LogP contribution >= 0.6 is 0 Å². The maximum absolute atomic E-state index is 13.4. The monoisotopic (exact) mass is 270 g/mol. The molecule has 0 N–H and O–H groups in total. The number of hydrogen-bond donors (Lipinski definition) is 0. The molecule has 0 aliphatic carbocycles. The smallest absolute Gasteiger partial charge is 0.126 e. The van der Waals surface area contributed by atoms with Gasteiger partial charge in [-0.15, -0.1) is 0 Å². The summed E-state index contributed by atoms with van der Waals surface area (Å²) in [4.78, 5) is 0. The fourth-order valence-electron chi connectivity index (χ4n) is 2.77. The third-order valence-electron chi connectivity index (χ3n) is 4.18. The van der Waals surface area contributed by atoms with Crippen molar-refractivity contribution in [3.05, 3.63) is 58.4 Å². The van der Waals surface area contributed by atoms with E-state index in [2.05, 4.69) is 39.8 Å². The van der Waals surface area contributed by atoms with Crippen molar-refractivity contribution >= 4 is 0 Å². The van der Waals surface area contributed by atoms with E-state index in [4.69, 9.17) is 0 Å². The Bertz CT molecular complexity index is 603. The second-order valence-corrected chi connectivity index (χ2v) is 5.80. The Balaban J connectivity index is 2.54. The molecule has 0 bridgehead atoms. The summed E-state index contributed by atoms with van der Waals surface area (Å²) in [5, 5.41) is 0. The first-order valence-corrected chi connectivity index (χ1v) is 7.31. The first-order chi connectivity index (χ1) is 9.43. The highest BCUT2D eigenvalue weighted by atomic mass is 19.1. The zero-order valence-corrected chi connectivity index (χ0v) is 13.0. The molecule has 1 heteroatoms. The van der Waals surface area contributed by atoms with E-state index < -0.39 is 0 Å². The number of benzene rings is 2. The largest absolute Gasteiger partial charge is 0.207 e. The summed E-state index contributed by atoms with van der Waals surface area (Å²) in [7, 11) is 0. The van der Waals surface area contributed by atoms with Crippen molar-refractivity contribution in [3.8, 4) is 11.1 Å². The molecule has 0 fully saturated rings. The van der Waals surface area contributed by atoms with Gasteiger partial charge < -0.3 is 0 Å². The van der Waals surface area contributed by atoms with Gasteiger partial charge in [0.2, 0.25) is 0 Å². The van der Waals surface area contributed by atoms with Crippen LogP contribution in [0.1, 0.15) is 48.4 Å². The lowest BCUT2D eigenvalue weighted by atomic mass is 9.88. The molecular weight excluding hydrogens is 247 g/mol. The Morgan fingerprint density at radius 3 is 2.05 bits per heavy atom. The second-order valence-electron chi connectivity index (χ2n) is 5.80. The maximum atomic E-state index is 13.4. The van der Waals surface area contributed by atoms with Gasteiger partial charge in [-0.2, -0.15) is 0 Å². The summed E-state index contributed by atoms with van der Waals surface area (Å²) >= 11 is 0. The van der Waals surface area contributed by atoms with Gasteiger partial charge in [0.25, 0.3) is 0 Å². The number of aryl methyl sites for hydroxylation is 3. The van der Waals surface area contributed by atoms with Crippen molar-refractivity contribution in [2.75, 3.05) is 0 Å². The minimum absolute atomic E-state index is 0.139. The van der Waals surface area contributed by atoms with Crippen molar-refractivity contribution in [2.45, 2.75) is 47.0 Å². The first kappa shape index (κ1) is 14.8. The topological polar surface area (TPSA) is 0 Å². The highest BCUT2D eigenvalue weighted by molar-refractivity contribution is 5.72. The molecule has 0 saturated carbocycles. The lowest BCUT2D eigenvalue weighted by molar-refractivity contribution is 0.619. The summed E-state index contributed by atoms with van der Waals surface area (Å²) in [6, 6.07) is 9.92. The zero-order valence-electron chi connectivity index (χ0n) is 13.0. The average Bonchev–Trinajstić information content (AvgIpc) is 2.41. The lowest BCUT2D eigenvalue weighted by Gasteiger charge is -2.16.